The molecule has 21 heteroatoms. The van der Waals surface area contributed by atoms with E-state index in [9.17, 15) is 31.4 Å². The van der Waals surface area contributed by atoms with E-state index in [4.69, 9.17) is 14.2 Å². The van der Waals surface area contributed by atoms with Crippen LogP contribution in [0.4, 0.5) is 26.3 Å². The summed E-state index contributed by atoms with van der Waals surface area (Å²) in [4.78, 5) is 25.2. The predicted octanol–water partition coefficient (Wildman–Crippen LogP) is 16.6. The maximum absolute atomic E-state index is 14.1. The van der Waals surface area contributed by atoms with Gasteiger partial charge in [-0.1, -0.05) is 0 Å². The van der Waals surface area contributed by atoms with Crippen molar-refractivity contribution < 1.29 is 45.7 Å². The van der Waals surface area contributed by atoms with Crippen molar-refractivity contribution in [3.05, 3.63) is 162 Å². The molecule has 4 fully saturated rings. The third-order valence-electron chi connectivity index (χ3n) is 21.6. The maximum Gasteiger partial charge on any atom is 0.167 e. The van der Waals surface area contributed by atoms with Gasteiger partial charge in [0.25, 0.3) is 0 Å². The highest BCUT2D eigenvalue weighted by Gasteiger charge is 2.38. The lowest BCUT2D eigenvalue weighted by atomic mass is 9.98. The summed E-state index contributed by atoms with van der Waals surface area (Å²) in [7, 11) is 2.27. The minimum atomic E-state index is -0.307. The summed E-state index contributed by atoms with van der Waals surface area (Å²) in [5.74, 6) is 0.281. The number of benzene rings is 9. The standard InChI is InChI=1S/C29H30F2N4O.C26H26F2N4O.C25H23F2N3O2/c1-35-19-5-6-20(35)14-18(13-19)32-9-2-10-36-29-27-23(21-11-16(30)3-7-25(21)33-27)15-24-22-12-17(31)4-8-26(22)34-28(24)29;27-15-2-4-22-18(12-15)20-14-21-19-13-16(28)3-5-23(19)32-25(21)26(24(20)31-22)33-11-1-8-30-17-6-9-29-10-7-17;26-14-2-4-21-17(10-14)19-12-20-18-11-15(27)3-5-22(18)29-24(20)25(23(19)28-21)32-9-1-7-30-8-6-16(31)13-30/h3-4,7-8,11-12,15,18-20,32-34H,2,5-6,9-10,13-14H2,1H3;2-5,12-14,17,29-32H,1,6-11H2;2-5,10-12,16,28-29,31H,1,6-9,13H2. The number of aromatic amines is 6. The van der Waals surface area contributed by atoms with Crippen molar-refractivity contribution >= 4 is 131 Å². The summed E-state index contributed by atoms with van der Waals surface area (Å²) < 4.78 is 103. The Balaban J connectivity index is 0.000000113. The SMILES string of the molecule is CN1C2CCC1CC(NCCCOc1c3[nH]c4ccc(F)cc4c3cc3c1[nH]c1ccc(F)cc13)C2.Fc1ccc2[nH]c3c(OCCCNC4CCNCC4)c4[nH]c5ccc(F)cc5c4cc3c2c1.OC1CCN(CCCOc2c3[nH]c4ccc(F)cc4c3cc3c2[nH]c2ccc(F)cc23)C1. The second kappa shape index (κ2) is 27.1. The van der Waals surface area contributed by atoms with Gasteiger partial charge >= 0.3 is 0 Å². The molecule has 4 saturated heterocycles. The minimum absolute atomic E-state index is 0.234. The van der Waals surface area contributed by atoms with Gasteiger partial charge in [-0.25, -0.2) is 26.3 Å². The molecule has 3 unspecified atom stereocenters. The summed E-state index contributed by atoms with van der Waals surface area (Å²) >= 11 is 0. The molecule has 2 bridgehead atoms. The molecule has 0 radical (unpaired) electrons. The molecule has 10 heterocycles. The largest absolute Gasteiger partial charge is 0.489 e. The highest BCUT2D eigenvalue weighted by Crippen LogP contribution is 2.45. The predicted molar refractivity (Wildman–Crippen MR) is 392 cm³/mol. The van der Waals surface area contributed by atoms with Crippen LogP contribution in [0.3, 0.4) is 0 Å². The molecule has 0 spiro atoms. The Morgan fingerprint density at radius 2 is 0.713 bits per heavy atom. The fourth-order valence-electron chi connectivity index (χ4n) is 16.5. The molecule has 0 amide bonds. The van der Waals surface area contributed by atoms with Crippen LogP contribution >= 0.6 is 0 Å². The average molecular weight is 1370 g/mol. The van der Waals surface area contributed by atoms with E-state index in [-0.39, 0.29) is 41.0 Å². The van der Waals surface area contributed by atoms with Crippen molar-refractivity contribution in [1.82, 2.24) is 55.7 Å². The highest BCUT2D eigenvalue weighted by atomic mass is 19.1. The van der Waals surface area contributed by atoms with E-state index in [1.54, 1.807) is 36.4 Å². The molecule has 15 nitrogen and oxygen atoms in total. The number of hydrogen-bond acceptors (Lipinski definition) is 9. The Labute approximate surface area is 576 Å². The number of halogens is 6. The molecule has 4 aliphatic heterocycles. The van der Waals surface area contributed by atoms with Crippen LogP contribution < -0.4 is 30.2 Å². The van der Waals surface area contributed by atoms with E-state index in [1.807, 2.05) is 18.2 Å². The van der Waals surface area contributed by atoms with E-state index in [0.717, 1.165) is 221 Å². The average Bonchev–Trinajstić information content (AvgIpc) is 1.59. The molecule has 19 rings (SSSR count). The molecule has 10 N–H and O–H groups in total. The first-order valence-electron chi connectivity index (χ1n) is 35.5. The van der Waals surface area contributed by atoms with Crippen LogP contribution in [0.5, 0.6) is 17.2 Å². The van der Waals surface area contributed by atoms with Gasteiger partial charge < -0.3 is 75.0 Å². The van der Waals surface area contributed by atoms with Crippen LogP contribution in [-0.2, 0) is 0 Å². The van der Waals surface area contributed by atoms with Gasteiger partial charge in [-0.05, 0) is 225 Å². The van der Waals surface area contributed by atoms with E-state index >= 15 is 0 Å². The van der Waals surface area contributed by atoms with Crippen molar-refractivity contribution in [2.45, 2.75) is 94.5 Å². The number of piperidine rings is 2. The van der Waals surface area contributed by atoms with E-state index in [0.29, 0.717) is 55.7 Å². The first-order valence-corrected chi connectivity index (χ1v) is 35.5. The third kappa shape index (κ3) is 12.6. The maximum atomic E-state index is 14.1. The first-order chi connectivity index (χ1) is 49.3. The van der Waals surface area contributed by atoms with E-state index in [1.165, 1.54) is 98.5 Å². The van der Waals surface area contributed by atoms with Crippen molar-refractivity contribution in [2.75, 3.05) is 72.7 Å². The highest BCUT2D eigenvalue weighted by molar-refractivity contribution is 6.23. The molecule has 0 aliphatic carbocycles. The van der Waals surface area contributed by atoms with Crippen LogP contribution in [0.15, 0.2) is 127 Å². The molecule has 4 aliphatic rings. The summed E-state index contributed by atoms with van der Waals surface area (Å²) in [5.41, 5.74) is 9.90. The second-order valence-electron chi connectivity index (χ2n) is 28.0. The van der Waals surface area contributed by atoms with Crippen molar-refractivity contribution in [3.8, 4) is 17.2 Å². The van der Waals surface area contributed by atoms with Crippen LogP contribution in [0.25, 0.3) is 131 Å². The smallest absolute Gasteiger partial charge is 0.167 e. The van der Waals surface area contributed by atoms with Gasteiger partial charge in [-0.15, -0.1) is 0 Å². The lowest BCUT2D eigenvalue weighted by Crippen LogP contribution is -2.47. The normalized spacial score (nSPS) is 18.5. The second-order valence-corrected chi connectivity index (χ2v) is 28.0. The summed E-state index contributed by atoms with van der Waals surface area (Å²) in [5, 5.41) is 30.3. The number of aliphatic hydroxyl groups excluding tert-OH is 1. The third-order valence-corrected chi connectivity index (χ3v) is 21.6. The van der Waals surface area contributed by atoms with Gasteiger partial charge in [0.05, 0.1) is 59.0 Å². The van der Waals surface area contributed by atoms with Gasteiger partial charge in [0.1, 0.15) is 34.9 Å². The number of aliphatic hydroxyl groups is 1. The molecule has 520 valence electrons. The summed E-state index contributed by atoms with van der Waals surface area (Å²) in [6.45, 7) is 7.98. The number of rotatable bonds is 17. The zero-order valence-corrected chi connectivity index (χ0v) is 56.0. The monoisotopic (exact) mass is 1370 g/mol. The fourth-order valence-corrected chi connectivity index (χ4v) is 16.5. The minimum Gasteiger partial charge on any atom is -0.489 e. The number of likely N-dealkylation sites (tertiary alicyclic amines) is 1. The zero-order chi connectivity index (χ0) is 68.6. The van der Waals surface area contributed by atoms with Crippen molar-refractivity contribution in [2.24, 2.45) is 0 Å². The van der Waals surface area contributed by atoms with Crippen LogP contribution in [0.2, 0.25) is 0 Å². The van der Waals surface area contributed by atoms with Crippen molar-refractivity contribution in [1.29, 1.82) is 0 Å². The lowest BCUT2D eigenvalue weighted by molar-refractivity contribution is 0.148. The number of ether oxygens (including phenoxy) is 3. The topological polar surface area (TPSA) is 185 Å². The van der Waals surface area contributed by atoms with Crippen LogP contribution in [0, 0.1) is 34.9 Å². The van der Waals surface area contributed by atoms with Gasteiger partial charge in [0.15, 0.2) is 17.2 Å². The lowest BCUT2D eigenvalue weighted by Gasteiger charge is -2.36. The molecule has 101 heavy (non-hydrogen) atoms. The van der Waals surface area contributed by atoms with E-state index in [2.05, 4.69) is 62.7 Å². The van der Waals surface area contributed by atoms with Gasteiger partial charge in [-0.3, -0.25) is 0 Å². The Morgan fingerprint density at radius 1 is 0.396 bits per heavy atom. The Kier molecular flexibility index (Phi) is 17.4. The zero-order valence-electron chi connectivity index (χ0n) is 56.0. The van der Waals surface area contributed by atoms with Gasteiger partial charge in [0.2, 0.25) is 0 Å². The molecule has 0 saturated carbocycles. The van der Waals surface area contributed by atoms with Gasteiger partial charge in [-0.2, -0.15) is 0 Å². The fraction of sp³-hybridized carbons (Fsp3) is 0.325. The summed E-state index contributed by atoms with van der Waals surface area (Å²) in [6, 6.07) is 36.8. The first kappa shape index (κ1) is 64.9. The number of H-pyrrole nitrogens is 6. The number of hydrogen-bond donors (Lipinski definition) is 10. The number of β-amino-alcohol motifs (C(OH)–C–C–N with tert-alkyl or cyclic N) is 1. The number of nitrogens with zero attached hydrogens (tertiary/aromatic N) is 2. The number of aromatic nitrogens is 6. The molecule has 15 aromatic rings. The number of fused-ring (bicyclic) bond motifs is 20. The van der Waals surface area contributed by atoms with Crippen LogP contribution in [0.1, 0.15) is 64.2 Å². The number of nitrogens with one attached hydrogen (secondary N) is 9. The van der Waals surface area contributed by atoms with Gasteiger partial charge in [0, 0.05) is 142 Å². The molecular formula is C80H79F6N11O4. The van der Waals surface area contributed by atoms with Crippen LogP contribution in [-0.4, -0.2) is 148 Å². The van der Waals surface area contributed by atoms with E-state index < -0.39 is 0 Å². The molecule has 3 atom stereocenters. The Morgan fingerprint density at radius 3 is 1.03 bits per heavy atom. The summed E-state index contributed by atoms with van der Waals surface area (Å²) in [6.07, 6.45) is 10.5. The molecule has 9 aromatic carbocycles. The molecular weight excluding hydrogens is 1290 g/mol. The quantitative estimate of drug-likeness (QED) is 0.0313. The van der Waals surface area contributed by atoms with Crippen molar-refractivity contribution in [3.63, 3.8) is 0 Å². The Bertz CT molecular complexity index is 5340. The Hall–Kier alpha value is -9.48. The molecule has 6 aromatic heterocycles.